The second kappa shape index (κ2) is 6.53. The number of carbonyl (C=O) groups excluding carboxylic acids is 1. The summed E-state index contributed by atoms with van der Waals surface area (Å²) in [6, 6.07) is 2.12. The van der Waals surface area contributed by atoms with Crippen molar-refractivity contribution in [2.45, 2.75) is 52.9 Å². The molecule has 1 aromatic heterocycles. The Morgan fingerprint density at radius 3 is 2.50 bits per heavy atom. The third-order valence-corrected chi connectivity index (χ3v) is 3.18. The highest BCUT2D eigenvalue weighted by molar-refractivity contribution is 5.74. The van der Waals surface area contributed by atoms with Crippen molar-refractivity contribution in [1.82, 2.24) is 4.98 Å². The first-order chi connectivity index (χ1) is 8.40. The molecule has 0 unspecified atom stereocenters. The van der Waals surface area contributed by atoms with Gasteiger partial charge in [0.05, 0.1) is 0 Å². The number of nitrogens with zero attached hydrogens (tertiary/aromatic N) is 1. The molecule has 0 aromatic carbocycles. The van der Waals surface area contributed by atoms with Crippen LogP contribution in [0.15, 0.2) is 12.3 Å². The van der Waals surface area contributed by atoms with Crippen LogP contribution in [0.25, 0.3) is 0 Å². The largest absolute Gasteiger partial charge is 0.370 e. The summed E-state index contributed by atoms with van der Waals surface area (Å²) in [6.45, 7) is 8.47. The lowest BCUT2D eigenvalue weighted by Gasteiger charge is -2.18. The van der Waals surface area contributed by atoms with Crippen molar-refractivity contribution in [3.8, 4) is 0 Å². The zero-order valence-electron chi connectivity index (χ0n) is 11.9. The third-order valence-electron chi connectivity index (χ3n) is 3.18. The summed E-state index contributed by atoms with van der Waals surface area (Å²) in [5, 5.41) is 0. The number of aryl methyl sites for hydroxylation is 2. The summed E-state index contributed by atoms with van der Waals surface area (Å²) >= 11 is 0. The van der Waals surface area contributed by atoms with Gasteiger partial charge < -0.3 is 5.73 Å². The van der Waals surface area contributed by atoms with E-state index < -0.39 is 0 Å². The van der Waals surface area contributed by atoms with Gasteiger partial charge in [0.15, 0.2) is 0 Å². The monoisotopic (exact) mass is 248 g/mol. The standard InChI is InChI=1S/C15H24N2O/c1-10(2)5-6-13(8-14(16)18)15-12(4)7-11(3)9-17-15/h7,9-10,13H,5-6,8H2,1-4H3,(H2,16,18)/t13-/m1/s1. The van der Waals surface area contributed by atoms with Crippen molar-refractivity contribution in [2.24, 2.45) is 11.7 Å². The topological polar surface area (TPSA) is 56.0 Å². The minimum atomic E-state index is -0.245. The first-order valence-corrected chi connectivity index (χ1v) is 6.61. The predicted molar refractivity (Wildman–Crippen MR) is 74.3 cm³/mol. The number of carbonyl (C=O) groups is 1. The minimum Gasteiger partial charge on any atom is -0.370 e. The van der Waals surface area contributed by atoms with Crippen LogP contribution in [-0.2, 0) is 4.79 Å². The molecule has 1 amide bonds. The molecule has 1 aromatic rings. The van der Waals surface area contributed by atoms with Crippen molar-refractivity contribution >= 4 is 5.91 Å². The number of hydrogen-bond acceptors (Lipinski definition) is 2. The van der Waals surface area contributed by atoms with Gasteiger partial charge in [-0.2, -0.15) is 0 Å². The van der Waals surface area contributed by atoms with E-state index in [1.807, 2.05) is 13.1 Å². The number of primary amides is 1. The van der Waals surface area contributed by atoms with Gasteiger partial charge in [0.1, 0.15) is 0 Å². The summed E-state index contributed by atoms with van der Waals surface area (Å²) in [5.74, 6) is 0.544. The molecule has 100 valence electrons. The number of aromatic nitrogens is 1. The van der Waals surface area contributed by atoms with Crippen molar-refractivity contribution in [3.63, 3.8) is 0 Å². The molecule has 2 N–H and O–H groups in total. The summed E-state index contributed by atoms with van der Waals surface area (Å²) in [4.78, 5) is 15.7. The van der Waals surface area contributed by atoms with Crippen LogP contribution in [-0.4, -0.2) is 10.9 Å². The number of amides is 1. The molecule has 0 saturated carbocycles. The summed E-state index contributed by atoms with van der Waals surface area (Å²) < 4.78 is 0. The average Bonchev–Trinajstić information content (AvgIpc) is 2.24. The maximum Gasteiger partial charge on any atom is 0.218 e. The van der Waals surface area contributed by atoms with E-state index in [0.717, 1.165) is 29.7 Å². The van der Waals surface area contributed by atoms with E-state index in [0.29, 0.717) is 12.3 Å². The van der Waals surface area contributed by atoms with Crippen LogP contribution in [0, 0.1) is 19.8 Å². The molecule has 0 bridgehead atoms. The minimum absolute atomic E-state index is 0.158. The zero-order valence-corrected chi connectivity index (χ0v) is 11.9. The third kappa shape index (κ3) is 4.47. The maximum atomic E-state index is 11.2. The van der Waals surface area contributed by atoms with Crippen LogP contribution >= 0.6 is 0 Å². The lowest BCUT2D eigenvalue weighted by Crippen LogP contribution is -2.17. The van der Waals surface area contributed by atoms with Gasteiger partial charge in [-0.15, -0.1) is 0 Å². The number of rotatable bonds is 6. The fraction of sp³-hybridized carbons (Fsp3) is 0.600. The van der Waals surface area contributed by atoms with Crippen LogP contribution in [0.2, 0.25) is 0 Å². The summed E-state index contributed by atoms with van der Waals surface area (Å²) in [5.41, 5.74) is 8.69. The molecule has 18 heavy (non-hydrogen) atoms. The Balaban J connectivity index is 2.89. The molecule has 0 aliphatic heterocycles. The van der Waals surface area contributed by atoms with E-state index in [4.69, 9.17) is 5.73 Å². The van der Waals surface area contributed by atoms with Gasteiger partial charge in [-0.1, -0.05) is 26.3 Å². The van der Waals surface area contributed by atoms with Gasteiger partial charge >= 0.3 is 0 Å². The number of pyridine rings is 1. The lowest BCUT2D eigenvalue weighted by atomic mass is 9.89. The molecular formula is C15H24N2O. The second-order valence-electron chi connectivity index (χ2n) is 5.55. The molecule has 1 heterocycles. The molecule has 3 heteroatoms. The summed E-state index contributed by atoms with van der Waals surface area (Å²) in [6.07, 6.45) is 4.32. The molecule has 0 fully saturated rings. The molecule has 0 radical (unpaired) electrons. The normalized spacial score (nSPS) is 12.7. The Bertz CT molecular complexity index is 413. The second-order valence-corrected chi connectivity index (χ2v) is 5.55. The highest BCUT2D eigenvalue weighted by Gasteiger charge is 2.18. The van der Waals surface area contributed by atoms with Gasteiger partial charge in [0.2, 0.25) is 5.91 Å². The molecule has 0 spiro atoms. The average molecular weight is 248 g/mol. The van der Waals surface area contributed by atoms with Crippen LogP contribution in [0.4, 0.5) is 0 Å². The maximum absolute atomic E-state index is 11.2. The Morgan fingerprint density at radius 1 is 1.33 bits per heavy atom. The SMILES string of the molecule is Cc1cnc([C@H](CCC(C)C)CC(N)=O)c(C)c1. The van der Waals surface area contributed by atoms with Crippen molar-refractivity contribution < 1.29 is 4.79 Å². The van der Waals surface area contributed by atoms with Gasteiger partial charge in [-0.05, 0) is 37.3 Å². The molecule has 1 rings (SSSR count). The fourth-order valence-electron chi connectivity index (χ4n) is 2.27. The molecule has 0 aliphatic rings. The highest BCUT2D eigenvalue weighted by Crippen LogP contribution is 2.27. The Morgan fingerprint density at radius 2 is 2.00 bits per heavy atom. The Kier molecular flexibility index (Phi) is 5.32. The Hall–Kier alpha value is -1.38. The van der Waals surface area contributed by atoms with Crippen LogP contribution < -0.4 is 5.73 Å². The smallest absolute Gasteiger partial charge is 0.218 e. The quantitative estimate of drug-likeness (QED) is 0.841. The zero-order chi connectivity index (χ0) is 13.7. The van der Waals surface area contributed by atoms with Crippen molar-refractivity contribution in [1.29, 1.82) is 0 Å². The lowest BCUT2D eigenvalue weighted by molar-refractivity contribution is -0.118. The molecule has 3 nitrogen and oxygen atoms in total. The van der Waals surface area contributed by atoms with Gasteiger partial charge in [0, 0.05) is 24.2 Å². The predicted octanol–water partition coefficient (Wildman–Crippen LogP) is 3.09. The van der Waals surface area contributed by atoms with E-state index >= 15 is 0 Å². The fourth-order valence-corrected chi connectivity index (χ4v) is 2.27. The first-order valence-electron chi connectivity index (χ1n) is 6.61. The van der Waals surface area contributed by atoms with E-state index in [-0.39, 0.29) is 11.8 Å². The van der Waals surface area contributed by atoms with Crippen LogP contribution in [0.3, 0.4) is 0 Å². The molecular weight excluding hydrogens is 224 g/mol. The molecule has 1 atom stereocenters. The van der Waals surface area contributed by atoms with E-state index in [1.165, 1.54) is 0 Å². The van der Waals surface area contributed by atoms with E-state index in [9.17, 15) is 4.79 Å². The van der Waals surface area contributed by atoms with Crippen molar-refractivity contribution in [3.05, 3.63) is 29.1 Å². The summed E-state index contributed by atoms with van der Waals surface area (Å²) in [7, 11) is 0. The Labute approximate surface area is 110 Å². The van der Waals surface area contributed by atoms with E-state index in [2.05, 4.69) is 31.8 Å². The highest BCUT2D eigenvalue weighted by atomic mass is 16.1. The first kappa shape index (κ1) is 14.7. The van der Waals surface area contributed by atoms with Crippen LogP contribution in [0.1, 0.15) is 55.8 Å². The molecule has 0 saturated heterocycles. The molecule has 0 aliphatic carbocycles. The van der Waals surface area contributed by atoms with Crippen LogP contribution in [0.5, 0.6) is 0 Å². The van der Waals surface area contributed by atoms with Gasteiger partial charge in [-0.3, -0.25) is 9.78 Å². The van der Waals surface area contributed by atoms with Gasteiger partial charge in [-0.25, -0.2) is 0 Å². The number of hydrogen-bond donors (Lipinski definition) is 1. The van der Waals surface area contributed by atoms with E-state index in [1.54, 1.807) is 0 Å². The van der Waals surface area contributed by atoms with Crippen molar-refractivity contribution in [2.75, 3.05) is 0 Å². The van der Waals surface area contributed by atoms with Gasteiger partial charge in [0.25, 0.3) is 0 Å². The number of nitrogens with two attached hydrogens (primary N) is 1.